The van der Waals surface area contributed by atoms with Crippen molar-refractivity contribution in [1.29, 1.82) is 0 Å². The highest BCUT2D eigenvalue weighted by Crippen LogP contribution is 2.36. The Morgan fingerprint density at radius 1 is 0.600 bits per heavy atom. The summed E-state index contributed by atoms with van der Waals surface area (Å²) < 4.78 is 5.78. The first-order valence-electron chi connectivity index (χ1n) is 6.43. The van der Waals surface area contributed by atoms with E-state index in [0.29, 0.717) is 11.5 Å². The van der Waals surface area contributed by atoms with Crippen molar-refractivity contribution in [3.8, 4) is 28.4 Å². The SMILES string of the molecule is [O]c1ccccc1Oc1ccccc1-c1ccccc1. The molecular formula is C18H13O2. The summed E-state index contributed by atoms with van der Waals surface area (Å²) in [6, 6.07) is 24.4. The van der Waals surface area contributed by atoms with Gasteiger partial charge in [0.1, 0.15) is 5.75 Å². The van der Waals surface area contributed by atoms with Crippen LogP contribution in [0.3, 0.4) is 0 Å². The van der Waals surface area contributed by atoms with Gasteiger partial charge in [0.2, 0.25) is 5.75 Å². The summed E-state index contributed by atoms with van der Waals surface area (Å²) in [5.74, 6) is 0.910. The minimum atomic E-state index is -0.115. The number of ether oxygens (including phenoxy) is 1. The minimum absolute atomic E-state index is 0.115. The fourth-order valence-electron chi connectivity index (χ4n) is 2.06. The lowest BCUT2D eigenvalue weighted by Gasteiger charge is -2.11. The lowest BCUT2D eigenvalue weighted by molar-refractivity contribution is 0.329. The van der Waals surface area contributed by atoms with E-state index in [4.69, 9.17) is 4.74 Å². The Labute approximate surface area is 117 Å². The number of para-hydroxylation sites is 3. The maximum Gasteiger partial charge on any atom is 0.221 e. The highest BCUT2D eigenvalue weighted by Gasteiger charge is 2.09. The van der Waals surface area contributed by atoms with Gasteiger partial charge < -0.3 is 4.74 Å². The Kier molecular flexibility index (Phi) is 3.38. The zero-order valence-corrected chi connectivity index (χ0v) is 10.8. The van der Waals surface area contributed by atoms with E-state index in [9.17, 15) is 5.11 Å². The second-order valence-corrected chi connectivity index (χ2v) is 4.41. The van der Waals surface area contributed by atoms with Gasteiger partial charge in [-0.3, -0.25) is 5.11 Å². The molecule has 0 bridgehead atoms. The second-order valence-electron chi connectivity index (χ2n) is 4.41. The largest absolute Gasteiger partial charge is 0.453 e. The number of benzene rings is 3. The molecule has 3 rings (SSSR count). The molecule has 0 saturated heterocycles. The van der Waals surface area contributed by atoms with E-state index >= 15 is 0 Å². The summed E-state index contributed by atoms with van der Waals surface area (Å²) in [4.78, 5) is 0. The van der Waals surface area contributed by atoms with E-state index < -0.39 is 0 Å². The third-order valence-electron chi connectivity index (χ3n) is 3.04. The van der Waals surface area contributed by atoms with Crippen LogP contribution in [0.4, 0.5) is 0 Å². The van der Waals surface area contributed by atoms with E-state index in [2.05, 4.69) is 0 Å². The third kappa shape index (κ3) is 2.50. The van der Waals surface area contributed by atoms with Crippen LogP contribution in [-0.2, 0) is 5.11 Å². The first-order valence-corrected chi connectivity index (χ1v) is 6.43. The summed E-state index contributed by atoms with van der Waals surface area (Å²) in [6.07, 6.45) is 0. The van der Waals surface area contributed by atoms with Crippen LogP contribution in [-0.4, -0.2) is 0 Å². The summed E-state index contributed by atoms with van der Waals surface area (Å²) in [7, 11) is 0. The van der Waals surface area contributed by atoms with Gasteiger partial charge in [-0.2, -0.15) is 0 Å². The van der Waals surface area contributed by atoms with Gasteiger partial charge in [0.05, 0.1) is 0 Å². The molecule has 97 valence electrons. The molecule has 0 aliphatic rings. The van der Waals surface area contributed by atoms with Crippen LogP contribution in [0.2, 0.25) is 0 Å². The zero-order chi connectivity index (χ0) is 13.8. The summed E-state index contributed by atoms with van der Waals surface area (Å²) in [6.45, 7) is 0. The lowest BCUT2D eigenvalue weighted by atomic mass is 10.0. The van der Waals surface area contributed by atoms with Crippen molar-refractivity contribution in [1.82, 2.24) is 0 Å². The van der Waals surface area contributed by atoms with E-state index in [1.165, 1.54) is 6.07 Å². The van der Waals surface area contributed by atoms with Crippen molar-refractivity contribution >= 4 is 0 Å². The van der Waals surface area contributed by atoms with Crippen LogP contribution in [0.5, 0.6) is 17.2 Å². The molecule has 0 fully saturated rings. The molecule has 0 spiro atoms. The molecule has 0 aliphatic carbocycles. The monoisotopic (exact) mass is 261 g/mol. The molecule has 0 saturated carbocycles. The van der Waals surface area contributed by atoms with Crippen molar-refractivity contribution in [2.24, 2.45) is 0 Å². The normalized spacial score (nSPS) is 10.2. The van der Waals surface area contributed by atoms with Gasteiger partial charge >= 0.3 is 0 Å². The molecule has 0 amide bonds. The third-order valence-corrected chi connectivity index (χ3v) is 3.04. The maximum absolute atomic E-state index is 11.7. The van der Waals surface area contributed by atoms with Crippen molar-refractivity contribution in [3.05, 3.63) is 78.9 Å². The van der Waals surface area contributed by atoms with E-state index in [1.54, 1.807) is 18.2 Å². The fraction of sp³-hybridized carbons (Fsp3) is 0. The zero-order valence-electron chi connectivity index (χ0n) is 10.8. The quantitative estimate of drug-likeness (QED) is 0.629. The van der Waals surface area contributed by atoms with Gasteiger partial charge in [0, 0.05) is 5.56 Å². The summed E-state index contributed by atoms with van der Waals surface area (Å²) in [5.41, 5.74) is 2.03. The first kappa shape index (κ1) is 12.3. The molecule has 0 N–H and O–H groups in total. The van der Waals surface area contributed by atoms with Gasteiger partial charge in [-0.25, -0.2) is 0 Å². The number of hydrogen-bond acceptors (Lipinski definition) is 1. The van der Waals surface area contributed by atoms with Crippen LogP contribution in [0.15, 0.2) is 78.9 Å². The molecule has 0 aromatic heterocycles. The van der Waals surface area contributed by atoms with E-state index in [0.717, 1.165) is 11.1 Å². The Bertz CT molecular complexity index is 705. The number of rotatable bonds is 3. The van der Waals surface area contributed by atoms with Gasteiger partial charge in [-0.05, 0) is 23.8 Å². The molecule has 3 aromatic carbocycles. The molecule has 2 heteroatoms. The standard InChI is InChI=1S/C18H13O2/c19-16-11-5-7-13-18(16)20-17-12-6-4-10-15(17)14-8-2-1-3-9-14/h1-13H. The van der Waals surface area contributed by atoms with Crippen molar-refractivity contribution in [2.75, 3.05) is 0 Å². The molecule has 0 unspecified atom stereocenters. The summed E-state index contributed by atoms with van der Waals surface area (Å²) in [5, 5.41) is 11.7. The summed E-state index contributed by atoms with van der Waals surface area (Å²) >= 11 is 0. The Hall–Kier alpha value is -2.74. The molecule has 0 heterocycles. The van der Waals surface area contributed by atoms with Crippen molar-refractivity contribution < 1.29 is 9.84 Å². The predicted octanol–water partition coefficient (Wildman–Crippen LogP) is 5.29. The molecule has 3 aromatic rings. The Morgan fingerprint density at radius 2 is 1.20 bits per heavy atom. The molecule has 0 aliphatic heterocycles. The molecule has 2 nitrogen and oxygen atoms in total. The minimum Gasteiger partial charge on any atom is -0.453 e. The molecule has 0 atom stereocenters. The number of hydrogen-bond donors (Lipinski definition) is 0. The predicted molar refractivity (Wildman–Crippen MR) is 78.5 cm³/mol. The van der Waals surface area contributed by atoms with Gasteiger partial charge in [-0.1, -0.05) is 60.7 Å². The fourth-order valence-corrected chi connectivity index (χ4v) is 2.06. The molecular weight excluding hydrogens is 248 g/mol. The van der Waals surface area contributed by atoms with Gasteiger partial charge in [0.15, 0.2) is 5.75 Å². The first-order chi connectivity index (χ1) is 9.84. The topological polar surface area (TPSA) is 29.1 Å². The van der Waals surface area contributed by atoms with Crippen LogP contribution >= 0.6 is 0 Å². The van der Waals surface area contributed by atoms with Crippen LogP contribution < -0.4 is 4.74 Å². The average Bonchev–Trinajstić information content (AvgIpc) is 2.51. The highest BCUT2D eigenvalue weighted by atomic mass is 16.5. The Balaban J connectivity index is 2.01. The Morgan fingerprint density at radius 3 is 1.95 bits per heavy atom. The van der Waals surface area contributed by atoms with E-state index in [1.807, 2.05) is 54.6 Å². The van der Waals surface area contributed by atoms with Crippen molar-refractivity contribution in [3.63, 3.8) is 0 Å². The van der Waals surface area contributed by atoms with Crippen LogP contribution in [0.1, 0.15) is 0 Å². The van der Waals surface area contributed by atoms with Gasteiger partial charge in [0.25, 0.3) is 0 Å². The highest BCUT2D eigenvalue weighted by molar-refractivity contribution is 5.70. The van der Waals surface area contributed by atoms with Crippen molar-refractivity contribution in [2.45, 2.75) is 0 Å². The molecule has 20 heavy (non-hydrogen) atoms. The maximum atomic E-state index is 11.7. The molecule has 1 radical (unpaired) electrons. The lowest BCUT2D eigenvalue weighted by Crippen LogP contribution is -1.88. The smallest absolute Gasteiger partial charge is 0.221 e. The second kappa shape index (κ2) is 5.49. The van der Waals surface area contributed by atoms with E-state index in [-0.39, 0.29) is 5.75 Å². The van der Waals surface area contributed by atoms with Gasteiger partial charge in [-0.15, -0.1) is 0 Å². The average molecular weight is 261 g/mol. The van der Waals surface area contributed by atoms with Crippen LogP contribution in [0.25, 0.3) is 11.1 Å². The van der Waals surface area contributed by atoms with Crippen LogP contribution in [0, 0.1) is 0 Å².